The molecule has 6 atom stereocenters. The predicted molar refractivity (Wildman–Crippen MR) is 205 cm³/mol. The number of nitrogens with zero attached hydrogens (tertiary/aromatic N) is 2. The number of nitrogens with one attached hydrogen (secondary N) is 1. The van der Waals surface area contributed by atoms with Gasteiger partial charge in [-0.15, -0.1) is 0 Å². The van der Waals surface area contributed by atoms with Crippen LogP contribution in [0.2, 0.25) is 0 Å². The summed E-state index contributed by atoms with van der Waals surface area (Å²) in [6, 6.07) is 23.8. The van der Waals surface area contributed by atoms with Crippen LogP contribution in [0.25, 0.3) is 0 Å². The number of aromatic carboxylic acids is 1. The molecule has 4 aromatic carbocycles. The zero-order chi connectivity index (χ0) is 38.2. The van der Waals surface area contributed by atoms with Crippen LogP contribution in [0, 0.1) is 30.6 Å². The number of aryl methyl sites for hydroxylation is 1. The Balaban J connectivity index is 1.35. The number of rotatable bonds is 7. The van der Waals surface area contributed by atoms with Gasteiger partial charge in [-0.25, -0.2) is 4.79 Å². The van der Waals surface area contributed by atoms with E-state index in [4.69, 9.17) is 4.74 Å². The largest absolute Gasteiger partial charge is 0.503 e. The molecule has 2 aliphatic heterocycles. The third-order valence-electron chi connectivity index (χ3n) is 11.4. The van der Waals surface area contributed by atoms with Crippen molar-refractivity contribution in [2.45, 2.75) is 31.1 Å². The van der Waals surface area contributed by atoms with Crippen LogP contribution >= 0.6 is 31.9 Å². The van der Waals surface area contributed by atoms with Crippen molar-refractivity contribution in [3.8, 4) is 11.5 Å². The van der Waals surface area contributed by atoms with Gasteiger partial charge in [0.05, 0.1) is 51.7 Å². The van der Waals surface area contributed by atoms with E-state index >= 15 is 4.79 Å². The zero-order valence-corrected chi connectivity index (χ0v) is 32.1. The van der Waals surface area contributed by atoms with E-state index in [-0.39, 0.29) is 40.1 Å². The predicted octanol–water partition coefficient (Wildman–Crippen LogP) is 7.12. The van der Waals surface area contributed by atoms with E-state index in [1.807, 2.05) is 55.5 Å². The van der Waals surface area contributed by atoms with Gasteiger partial charge in [-0.05, 0) is 105 Å². The number of hydrogen-bond acceptors (Lipinski definition) is 8. The Bertz CT molecular complexity index is 2310. The van der Waals surface area contributed by atoms with Crippen molar-refractivity contribution < 1.29 is 38.9 Å². The number of hydrazine groups is 1. The van der Waals surface area contributed by atoms with Crippen LogP contribution in [0.3, 0.4) is 0 Å². The number of imide groups is 2. The molecule has 2 heterocycles. The highest BCUT2D eigenvalue weighted by Gasteiger charge is 2.70. The van der Waals surface area contributed by atoms with Crippen LogP contribution in [0.4, 0.5) is 11.4 Å². The first-order valence-corrected chi connectivity index (χ1v) is 18.9. The minimum absolute atomic E-state index is 0.0694. The lowest BCUT2D eigenvalue weighted by Crippen LogP contribution is -2.53. The topological polar surface area (TPSA) is 154 Å². The number of methoxy groups -OCH3 is 1. The number of carboxylic acids is 1. The molecule has 3 fully saturated rings. The van der Waals surface area contributed by atoms with Gasteiger partial charge in [-0.3, -0.25) is 29.5 Å². The number of ether oxygens (including phenoxy) is 1. The number of carbonyl (C=O) groups is 5. The highest BCUT2D eigenvalue weighted by Crippen LogP contribution is 2.65. The number of anilines is 2. The summed E-state index contributed by atoms with van der Waals surface area (Å²) in [7, 11) is 1.41. The van der Waals surface area contributed by atoms with Gasteiger partial charge in [0.2, 0.25) is 11.8 Å². The number of halogens is 2. The molecule has 11 nitrogen and oxygen atoms in total. The highest BCUT2D eigenvalue weighted by atomic mass is 79.9. The molecule has 0 aromatic heterocycles. The lowest BCUT2D eigenvalue weighted by Gasteiger charge is -2.51. The van der Waals surface area contributed by atoms with Crippen LogP contribution in [0.15, 0.2) is 106 Å². The molecule has 1 saturated carbocycles. The van der Waals surface area contributed by atoms with E-state index in [1.54, 1.807) is 18.2 Å². The quantitative estimate of drug-likeness (QED) is 0.130. The van der Waals surface area contributed by atoms with E-state index in [9.17, 15) is 29.4 Å². The van der Waals surface area contributed by atoms with Gasteiger partial charge >= 0.3 is 5.97 Å². The summed E-state index contributed by atoms with van der Waals surface area (Å²) in [6.45, 7) is 1.93. The minimum atomic E-state index is -1.55. The van der Waals surface area contributed by atoms with E-state index in [1.165, 1.54) is 31.4 Å². The Morgan fingerprint density at radius 3 is 2.30 bits per heavy atom. The van der Waals surface area contributed by atoms with Crippen LogP contribution in [-0.2, 0) is 24.6 Å². The van der Waals surface area contributed by atoms with Crippen LogP contribution in [-0.4, -0.2) is 51.9 Å². The average molecular weight is 856 g/mol. The number of allylic oxidation sites excluding steroid dienone is 2. The fourth-order valence-electron chi connectivity index (χ4n) is 9.10. The van der Waals surface area contributed by atoms with Crippen LogP contribution < -0.4 is 15.1 Å². The highest BCUT2D eigenvalue weighted by molar-refractivity contribution is 9.13. The summed E-state index contributed by atoms with van der Waals surface area (Å²) in [5.74, 6) is -7.41. The molecule has 0 unspecified atom stereocenters. The molecule has 13 heteroatoms. The lowest BCUT2D eigenvalue weighted by molar-refractivity contribution is -0.138. The zero-order valence-electron chi connectivity index (χ0n) is 29.0. The minimum Gasteiger partial charge on any atom is -0.503 e. The smallest absolute Gasteiger partial charge is 0.335 e. The standard InChI is InChI=1S/C41H33Br2N3O8/c1-20-11-13-23(14-12-20)44-46-37(49)29-18-27-25(15-16-26-31(27)38(50)45(36(26)48)24-10-6-7-21(17-24)39(51)52)32(28-19-30(54-2)35(47)34(43)33(28)42)41(29,40(46)53)22-8-4-3-5-9-22/h3-15,17,19,26-27,29,31-32,44,47H,16,18H2,1-2H3,(H,51,52)/t26-,27+,29-,31-,32+,41+/m0/s1. The average Bonchev–Trinajstić information content (AvgIpc) is 3.56. The van der Waals surface area contributed by atoms with Gasteiger partial charge in [0, 0.05) is 10.4 Å². The summed E-state index contributed by atoms with van der Waals surface area (Å²) >= 11 is 7.20. The number of carbonyl (C=O) groups excluding carboxylic acids is 4. The van der Waals surface area contributed by atoms with Crippen molar-refractivity contribution in [3.05, 3.63) is 128 Å². The van der Waals surface area contributed by atoms with Crippen molar-refractivity contribution >= 4 is 72.8 Å². The second-order valence-corrected chi connectivity index (χ2v) is 15.7. The van der Waals surface area contributed by atoms with E-state index in [2.05, 4.69) is 37.3 Å². The van der Waals surface area contributed by atoms with Gasteiger partial charge in [-0.1, -0.05) is 65.7 Å². The number of benzene rings is 4. The Kier molecular flexibility index (Phi) is 8.76. The first kappa shape index (κ1) is 35.7. The SMILES string of the molecule is COc1cc([C@H]2C3=CC[C@@H]4C(=O)N(c5cccc(C(=O)O)c5)C(=O)[C@@H]4[C@@H]3C[C@H]3C(=O)N(Nc4ccc(C)cc4)C(=O)[C@@]23c2ccccc2)c(Br)c(Br)c1O. The summed E-state index contributed by atoms with van der Waals surface area (Å²) in [5.41, 5.74) is 4.98. The van der Waals surface area contributed by atoms with Crippen molar-refractivity contribution in [1.82, 2.24) is 5.01 Å². The molecule has 0 bridgehead atoms. The molecule has 3 N–H and O–H groups in total. The van der Waals surface area contributed by atoms with E-state index in [0.29, 0.717) is 26.9 Å². The van der Waals surface area contributed by atoms with Gasteiger partial charge < -0.3 is 14.9 Å². The number of phenols is 1. The lowest BCUT2D eigenvalue weighted by atomic mass is 9.49. The Labute approximate surface area is 326 Å². The van der Waals surface area contributed by atoms with E-state index in [0.717, 1.165) is 15.5 Å². The molecule has 2 aliphatic carbocycles. The number of phenolic OH excluding ortho intramolecular Hbond substituents is 1. The summed E-state index contributed by atoms with van der Waals surface area (Å²) in [6.07, 6.45) is 2.17. The number of hydrogen-bond donors (Lipinski definition) is 3. The van der Waals surface area contributed by atoms with Crippen molar-refractivity contribution in [2.24, 2.45) is 23.7 Å². The summed E-state index contributed by atoms with van der Waals surface area (Å²) < 4.78 is 6.30. The molecule has 274 valence electrons. The fourth-order valence-corrected chi connectivity index (χ4v) is 10.1. The summed E-state index contributed by atoms with van der Waals surface area (Å²) in [4.78, 5) is 72.0. The number of amides is 4. The molecular weight excluding hydrogens is 822 g/mol. The van der Waals surface area contributed by atoms with Gasteiger partial charge in [0.25, 0.3) is 11.8 Å². The maximum absolute atomic E-state index is 15.4. The number of carboxylic acid groups (broad SMARTS) is 1. The third kappa shape index (κ3) is 5.15. The van der Waals surface area contributed by atoms with Crippen molar-refractivity contribution in [2.75, 3.05) is 17.4 Å². The van der Waals surface area contributed by atoms with Gasteiger partial charge in [-0.2, -0.15) is 5.01 Å². The molecule has 4 amide bonds. The monoisotopic (exact) mass is 853 g/mol. The first-order valence-electron chi connectivity index (χ1n) is 17.3. The molecule has 8 rings (SSSR count). The Morgan fingerprint density at radius 1 is 0.889 bits per heavy atom. The van der Waals surface area contributed by atoms with Gasteiger partial charge in [0.1, 0.15) is 0 Å². The van der Waals surface area contributed by atoms with Crippen molar-refractivity contribution in [3.63, 3.8) is 0 Å². The second kappa shape index (κ2) is 13.2. The molecule has 4 aromatic rings. The van der Waals surface area contributed by atoms with Crippen LogP contribution in [0.1, 0.15) is 45.8 Å². The van der Waals surface area contributed by atoms with E-state index < -0.39 is 64.6 Å². The second-order valence-electron chi connectivity index (χ2n) is 14.1. The number of fused-ring (bicyclic) bond motifs is 4. The van der Waals surface area contributed by atoms with Crippen LogP contribution in [0.5, 0.6) is 11.5 Å². The van der Waals surface area contributed by atoms with Gasteiger partial charge in [0.15, 0.2) is 11.5 Å². The Morgan fingerprint density at radius 2 is 1.61 bits per heavy atom. The maximum atomic E-state index is 15.4. The number of aromatic hydroxyl groups is 1. The molecule has 0 spiro atoms. The van der Waals surface area contributed by atoms with Crippen molar-refractivity contribution in [1.29, 1.82) is 0 Å². The third-order valence-corrected chi connectivity index (χ3v) is 13.6. The maximum Gasteiger partial charge on any atom is 0.335 e. The molecule has 2 saturated heterocycles. The normalized spacial score (nSPS) is 25.9. The Hall–Kier alpha value is -5.27. The fraction of sp³-hybridized carbons (Fsp3) is 0.244. The molecule has 54 heavy (non-hydrogen) atoms. The molecule has 0 radical (unpaired) electrons. The first-order chi connectivity index (χ1) is 25.9. The molecule has 4 aliphatic rings. The molecular formula is C41H33Br2N3O8. The summed E-state index contributed by atoms with van der Waals surface area (Å²) in [5, 5.41) is 21.8.